The molecule has 3 nitrogen and oxygen atoms in total. The molecule has 3 heteroatoms. The van der Waals surface area contributed by atoms with E-state index in [1.165, 1.54) is 5.56 Å². The van der Waals surface area contributed by atoms with E-state index >= 15 is 0 Å². The van der Waals surface area contributed by atoms with Gasteiger partial charge in [-0.3, -0.25) is 0 Å². The molecule has 0 radical (unpaired) electrons. The van der Waals surface area contributed by atoms with Crippen molar-refractivity contribution in [1.82, 2.24) is 5.32 Å². The summed E-state index contributed by atoms with van der Waals surface area (Å²) in [7, 11) is 0. The molecule has 0 aliphatic heterocycles. The zero-order valence-electron chi connectivity index (χ0n) is 12.2. The van der Waals surface area contributed by atoms with Crippen molar-refractivity contribution < 1.29 is 9.15 Å². The predicted molar refractivity (Wildman–Crippen MR) is 78.8 cm³/mol. The Morgan fingerprint density at radius 3 is 2.79 bits per heavy atom. The van der Waals surface area contributed by atoms with Crippen LogP contribution in [0.1, 0.15) is 44.6 Å². The van der Waals surface area contributed by atoms with Crippen molar-refractivity contribution in [3.63, 3.8) is 0 Å². The first-order chi connectivity index (χ1) is 9.19. The van der Waals surface area contributed by atoms with E-state index in [9.17, 15) is 0 Å². The van der Waals surface area contributed by atoms with Crippen molar-refractivity contribution in [2.45, 2.75) is 40.2 Å². The zero-order valence-corrected chi connectivity index (χ0v) is 12.2. The smallest absolute Gasteiger partial charge is 0.176 e. The molecule has 0 aliphatic carbocycles. The maximum absolute atomic E-state index is 6.05. The zero-order chi connectivity index (χ0) is 13.8. The monoisotopic (exact) mass is 261 g/mol. The lowest BCUT2D eigenvalue weighted by Crippen LogP contribution is -2.17. The van der Waals surface area contributed by atoms with Gasteiger partial charge in [-0.05, 0) is 32.9 Å². The van der Waals surface area contributed by atoms with Gasteiger partial charge in [0.1, 0.15) is 5.76 Å². The molecular weight excluding hydrogens is 238 g/mol. The second-order valence-electron chi connectivity index (χ2n) is 4.85. The molecule has 1 aromatic heterocycles. The highest BCUT2D eigenvalue weighted by Gasteiger charge is 2.18. The van der Waals surface area contributed by atoms with Crippen LogP contribution in [0.3, 0.4) is 0 Å². The van der Waals surface area contributed by atoms with E-state index < -0.39 is 0 Å². The number of nitrogens with one attached hydrogen (secondary N) is 1. The standard InChI is InChI=1S/C16H23NO2/c1-5-10-18-14-9-7-8-13-11(3)15(19-16(13)14)12(4)17-6-2/h7-9,12,17H,5-6,10H2,1-4H3. The minimum absolute atomic E-state index is 0.219. The Balaban J connectivity index is 2.43. The first kappa shape index (κ1) is 13.9. The molecule has 1 heterocycles. The minimum Gasteiger partial charge on any atom is -0.490 e. The first-order valence-electron chi connectivity index (χ1n) is 7.07. The summed E-state index contributed by atoms with van der Waals surface area (Å²) in [6.45, 7) is 10.1. The average molecular weight is 261 g/mol. The molecule has 0 amide bonds. The highest BCUT2D eigenvalue weighted by atomic mass is 16.5. The van der Waals surface area contributed by atoms with E-state index in [4.69, 9.17) is 9.15 Å². The van der Waals surface area contributed by atoms with Crippen LogP contribution in [0.5, 0.6) is 5.75 Å². The van der Waals surface area contributed by atoms with Gasteiger partial charge in [0.2, 0.25) is 0 Å². The SMILES string of the molecule is CCCOc1cccc2c(C)c(C(C)NCC)oc12. The number of benzene rings is 1. The molecule has 19 heavy (non-hydrogen) atoms. The molecule has 1 N–H and O–H groups in total. The summed E-state index contributed by atoms with van der Waals surface area (Å²) in [6.07, 6.45) is 0.997. The molecule has 104 valence electrons. The first-order valence-corrected chi connectivity index (χ1v) is 7.07. The van der Waals surface area contributed by atoms with E-state index in [0.29, 0.717) is 0 Å². The van der Waals surface area contributed by atoms with Crippen LogP contribution in [0.25, 0.3) is 11.0 Å². The normalized spacial score (nSPS) is 12.8. The summed E-state index contributed by atoms with van der Waals surface area (Å²) in [6, 6.07) is 6.31. The summed E-state index contributed by atoms with van der Waals surface area (Å²) in [5, 5.41) is 4.54. The lowest BCUT2D eigenvalue weighted by atomic mass is 10.1. The number of furan rings is 1. The molecule has 1 atom stereocenters. The lowest BCUT2D eigenvalue weighted by Gasteiger charge is -2.09. The van der Waals surface area contributed by atoms with E-state index in [1.807, 2.05) is 12.1 Å². The molecule has 1 unspecified atom stereocenters. The van der Waals surface area contributed by atoms with Gasteiger partial charge in [0.15, 0.2) is 11.3 Å². The Morgan fingerprint density at radius 2 is 2.11 bits per heavy atom. The van der Waals surface area contributed by atoms with Crippen molar-refractivity contribution >= 4 is 11.0 Å². The van der Waals surface area contributed by atoms with Crippen LogP contribution in [-0.2, 0) is 0 Å². The molecular formula is C16H23NO2. The van der Waals surface area contributed by atoms with Crippen molar-refractivity contribution in [3.05, 3.63) is 29.5 Å². The largest absolute Gasteiger partial charge is 0.490 e. The van der Waals surface area contributed by atoms with Crippen LogP contribution in [0.15, 0.2) is 22.6 Å². The third kappa shape index (κ3) is 2.76. The van der Waals surface area contributed by atoms with Crippen LogP contribution >= 0.6 is 0 Å². The van der Waals surface area contributed by atoms with Crippen molar-refractivity contribution in [3.8, 4) is 5.75 Å². The molecule has 0 aliphatic rings. The molecule has 0 bridgehead atoms. The Bertz CT molecular complexity index is 545. The topological polar surface area (TPSA) is 34.4 Å². The van der Waals surface area contributed by atoms with Gasteiger partial charge in [-0.1, -0.05) is 26.0 Å². The van der Waals surface area contributed by atoms with Gasteiger partial charge < -0.3 is 14.5 Å². The van der Waals surface area contributed by atoms with Gasteiger partial charge in [-0.25, -0.2) is 0 Å². The molecule has 0 fully saturated rings. The van der Waals surface area contributed by atoms with Crippen molar-refractivity contribution in [2.75, 3.05) is 13.2 Å². The quantitative estimate of drug-likeness (QED) is 0.846. The number of hydrogen-bond donors (Lipinski definition) is 1. The third-order valence-electron chi connectivity index (χ3n) is 3.33. The average Bonchev–Trinajstić information content (AvgIpc) is 2.75. The van der Waals surface area contributed by atoms with Gasteiger partial charge in [0.25, 0.3) is 0 Å². The number of fused-ring (bicyclic) bond motifs is 1. The summed E-state index contributed by atoms with van der Waals surface area (Å²) in [5.41, 5.74) is 2.07. The Labute approximate surface area is 114 Å². The molecule has 2 rings (SSSR count). The number of para-hydroxylation sites is 1. The van der Waals surface area contributed by atoms with E-state index in [-0.39, 0.29) is 6.04 Å². The second kappa shape index (κ2) is 6.11. The second-order valence-corrected chi connectivity index (χ2v) is 4.85. The summed E-state index contributed by atoms with van der Waals surface area (Å²) in [4.78, 5) is 0. The van der Waals surface area contributed by atoms with Crippen LogP contribution in [-0.4, -0.2) is 13.2 Å². The molecule has 0 saturated heterocycles. The minimum atomic E-state index is 0.219. The summed E-state index contributed by atoms with van der Waals surface area (Å²) >= 11 is 0. The molecule has 0 spiro atoms. The highest BCUT2D eigenvalue weighted by Crippen LogP contribution is 2.34. The molecule has 1 aromatic carbocycles. The third-order valence-corrected chi connectivity index (χ3v) is 3.33. The maximum atomic E-state index is 6.05. The summed E-state index contributed by atoms with van der Waals surface area (Å²) in [5.74, 6) is 1.85. The Kier molecular flexibility index (Phi) is 4.48. The Hall–Kier alpha value is -1.48. The lowest BCUT2D eigenvalue weighted by molar-refractivity contribution is 0.314. The van der Waals surface area contributed by atoms with Gasteiger partial charge in [0, 0.05) is 10.9 Å². The fourth-order valence-corrected chi connectivity index (χ4v) is 2.37. The van der Waals surface area contributed by atoms with E-state index in [0.717, 1.165) is 42.1 Å². The molecule has 2 aromatic rings. The van der Waals surface area contributed by atoms with Crippen LogP contribution < -0.4 is 10.1 Å². The number of rotatable bonds is 6. The van der Waals surface area contributed by atoms with Crippen LogP contribution in [0.4, 0.5) is 0 Å². The van der Waals surface area contributed by atoms with Gasteiger partial charge in [-0.2, -0.15) is 0 Å². The van der Waals surface area contributed by atoms with Gasteiger partial charge in [0.05, 0.1) is 12.6 Å². The fraction of sp³-hybridized carbons (Fsp3) is 0.500. The summed E-state index contributed by atoms with van der Waals surface area (Å²) < 4.78 is 11.8. The van der Waals surface area contributed by atoms with E-state index in [2.05, 4.69) is 39.1 Å². The number of hydrogen-bond acceptors (Lipinski definition) is 3. The van der Waals surface area contributed by atoms with Gasteiger partial charge in [-0.15, -0.1) is 0 Å². The maximum Gasteiger partial charge on any atom is 0.176 e. The fourth-order valence-electron chi connectivity index (χ4n) is 2.37. The van der Waals surface area contributed by atoms with Crippen molar-refractivity contribution in [2.24, 2.45) is 0 Å². The van der Waals surface area contributed by atoms with Crippen LogP contribution in [0.2, 0.25) is 0 Å². The predicted octanol–water partition coefficient (Wildman–Crippen LogP) is 4.20. The Morgan fingerprint density at radius 1 is 1.32 bits per heavy atom. The van der Waals surface area contributed by atoms with Gasteiger partial charge >= 0.3 is 0 Å². The number of ether oxygens (including phenoxy) is 1. The van der Waals surface area contributed by atoms with Crippen molar-refractivity contribution in [1.29, 1.82) is 0 Å². The van der Waals surface area contributed by atoms with E-state index in [1.54, 1.807) is 0 Å². The van der Waals surface area contributed by atoms with Crippen LogP contribution in [0, 0.1) is 6.92 Å². The molecule has 0 saturated carbocycles. The highest BCUT2D eigenvalue weighted by molar-refractivity contribution is 5.87. The number of aryl methyl sites for hydroxylation is 1.